The van der Waals surface area contributed by atoms with E-state index in [9.17, 15) is 8.42 Å². The summed E-state index contributed by atoms with van der Waals surface area (Å²) in [6.07, 6.45) is 3.61. The third-order valence-corrected chi connectivity index (χ3v) is 5.78. The van der Waals surface area contributed by atoms with E-state index in [4.69, 9.17) is 11.6 Å². The lowest BCUT2D eigenvalue weighted by atomic mass is 10.0. The molecule has 0 aromatic carbocycles. The maximum absolute atomic E-state index is 11.9. The Balaban J connectivity index is 1.99. The number of nitrogens with zero attached hydrogens (tertiary/aromatic N) is 2. The predicted molar refractivity (Wildman–Crippen MR) is 65.3 cm³/mol. The van der Waals surface area contributed by atoms with Crippen LogP contribution in [-0.2, 0) is 10.0 Å². The van der Waals surface area contributed by atoms with Gasteiger partial charge in [-0.25, -0.2) is 8.42 Å². The van der Waals surface area contributed by atoms with E-state index in [2.05, 4.69) is 4.90 Å². The van der Waals surface area contributed by atoms with Crippen LogP contribution in [0.3, 0.4) is 0 Å². The Hall–Kier alpha value is 0.160. The highest BCUT2D eigenvalue weighted by atomic mass is 35.5. The van der Waals surface area contributed by atoms with Crippen molar-refractivity contribution < 1.29 is 8.42 Å². The van der Waals surface area contributed by atoms with E-state index < -0.39 is 10.0 Å². The molecule has 1 unspecified atom stereocenters. The lowest BCUT2D eigenvalue weighted by Crippen LogP contribution is -2.56. The minimum Gasteiger partial charge on any atom is -0.298 e. The molecule has 0 saturated carbocycles. The molecule has 0 N–H and O–H groups in total. The average Bonchev–Trinajstić information content (AvgIpc) is 2.28. The summed E-state index contributed by atoms with van der Waals surface area (Å²) >= 11 is 5.53. The summed E-state index contributed by atoms with van der Waals surface area (Å²) in [6, 6.07) is 0.438. The molecular formula is C10H19ClN2O2S. The first-order chi connectivity index (χ1) is 7.63. The second-order valence-corrected chi connectivity index (χ2v) is 7.02. The maximum Gasteiger partial charge on any atom is 0.215 e. The number of alkyl halides is 1. The van der Waals surface area contributed by atoms with Gasteiger partial charge in [0.15, 0.2) is 0 Å². The van der Waals surface area contributed by atoms with E-state index in [0.717, 1.165) is 19.5 Å². The molecule has 2 heterocycles. The first-order valence-electron chi connectivity index (χ1n) is 5.91. The van der Waals surface area contributed by atoms with Crippen molar-refractivity contribution in [2.24, 2.45) is 0 Å². The maximum atomic E-state index is 11.9. The Labute approximate surface area is 103 Å². The molecule has 0 aromatic rings. The first kappa shape index (κ1) is 12.6. The topological polar surface area (TPSA) is 40.6 Å². The largest absolute Gasteiger partial charge is 0.298 e. The van der Waals surface area contributed by atoms with Crippen LogP contribution in [0.2, 0.25) is 0 Å². The summed E-state index contributed by atoms with van der Waals surface area (Å²) < 4.78 is 25.4. The van der Waals surface area contributed by atoms with E-state index in [0.29, 0.717) is 19.1 Å². The van der Waals surface area contributed by atoms with Crippen molar-refractivity contribution in [1.29, 1.82) is 0 Å². The zero-order chi connectivity index (χ0) is 11.6. The molecule has 0 aliphatic carbocycles. The third-order valence-electron chi connectivity index (χ3n) is 3.53. The molecule has 0 spiro atoms. The van der Waals surface area contributed by atoms with Gasteiger partial charge in [-0.3, -0.25) is 4.90 Å². The molecule has 6 heteroatoms. The fourth-order valence-corrected chi connectivity index (χ4v) is 4.40. The SMILES string of the molecule is O=S(=O)(CCCl)N1CCN2CCCCC2C1. The highest BCUT2D eigenvalue weighted by molar-refractivity contribution is 7.89. The Bertz CT molecular complexity index is 334. The number of hydrogen-bond donors (Lipinski definition) is 0. The van der Waals surface area contributed by atoms with Crippen LogP contribution in [0.1, 0.15) is 19.3 Å². The van der Waals surface area contributed by atoms with Gasteiger partial charge in [-0.05, 0) is 19.4 Å². The van der Waals surface area contributed by atoms with Gasteiger partial charge in [0, 0.05) is 31.6 Å². The number of piperidine rings is 1. The Morgan fingerprint density at radius 2 is 2.00 bits per heavy atom. The van der Waals surface area contributed by atoms with Crippen LogP contribution in [0.15, 0.2) is 0 Å². The van der Waals surface area contributed by atoms with Crippen LogP contribution in [0.4, 0.5) is 0 Å². The Morgan fingerprint density at radius 3 is 2.75 bits per heavy atom. The summed E-state index contributed by atoms with van der Waals surface area (Å²) in [6.45, 7) is 3.31. The molecular weight excluding hydrogens is 248 g/mol. The lowest BCUT2D eigenvalue weighted by Gasteiger charge is -2.43. The number of rotatable bonds is 3. The van der Waals surface area contributed by atoms with Crippen molar-refractivity contribution in [3.8, 4) is 0 Å². The molecule has 2 fully saturated rings. The number of fused-ring (bicyclic) bond motifs is 1. The molecule has 1 atom stereocenters. The number of hydrogen-bond acceptors (Lipinski definition) is 3. The number of halogens is 1. The fraction of sp³-hybridized carbons (Fsp3) is 1.00. The smallest absolute Gasteiger partial charge is 0.215 e. The Morgan fingerprint density at radius 1 is 1.19 bits per heavy atom. The average molecular weight is 267 g/mol. The summed E-state index contributed by atoms with van der Waals surface area (Å²) in [5, 5.41) is 0. The third kappa shape index (κ3) is 2.70. The van der Waals surface area contributed by atoms with Gasteiger partial charge in [-0.1, -0.05) is 6.42 Å². The van der Waals surface area contributed by atoms with Gasteiger partial charge in [-0.15, -0.1) is 11.6 Å². The van der Waals surface area contributed by atoms with Crippen LogP contribution in [-0.4, -0.2) is 61.5 Å². The van der Waals surface area contributed by atoms with E-state index >= 15 is 0 Å². The molecule has 16 heavy (non-hydrogen) atoms. The van der Waals surface area contributed by atoms with E-state index in [1.54, 1.807) is 4.31 Å². The highest BCUT2D eigenvalue weighted by Gasteiger charge is 2.33. The molecule has 0 amide bonds. The molecule has 0 radical (unpaired) electrons. The van der Waals surface area contributed by atoms with Crippen LogP contribution in [0, 0.1) is 0 Å². The van der Waals surface area contributed by atoms with E-state index in [1.807, 2.05) is 0 Å². The summed E-state index contributed by atoms with van der Waals surface area (Å²) in [5.41, 5.74) is 0. The van der Waals surface area contributed by atoms with Gasteiger partial charge in [0.2, 0.25) is 10.0 Å². The minimum absolute atomic E-state index is 0.0707. The quantitative estimate of drug-likeness (QED) is 0.707. The van der Waals surface area contributed by atoms with Crippen molar-refractivity contribution >= 4 is 21.6 Å². The summed E-state index contributed by atoms with van der Waals surface area (Å²) in [7, 11) is -3.11. The van der Waals surface area contributed by atoms with Gasteiger partial charge >= 0.3 is 0 Å². The van der Waals surface area contributed by atoms with Crippen molar-refractivity contribution in [3.63, 3.8) is 0 Å². The highest BCUT2D eigenvalue weighted by Crippen LogP contribution is 2.22. The second-order valence-electron chi connectivity index (χ2n) is 4.55. The summed E-state index contributed by atoms with van der Waals surface area (Å²) in [4.78, 5) is 2.43. The normalized spacial score (nSPS) is 28.9. The zero-order valence-electron chi connectivity index (χ0n) is 9.44. The minimum atomic E-state index is -3.11. The van der Waals surface area contributed by atoms with Gasteiger partial charge in [0.1, 0.15) is 0 Å². The van der Waals surface area contributed by atoms with Crippen molar-refractivity contribution in [2.75, 3.05) is 37.8 Å². The lowest BCUT2D eigenvalue weighted by molar-refractivity contribution is 0.0852. The molecule has 0 aromatic heterocycles. The summed E-state index contributed by atoms with van der Waals surface area (Å²) in [5.74, 6) is 0.258. The zero-order valence-corrected chi connectivity index (χ0v) is 11.0. The standard InChI is InChI=1S/C10H19ClN2O2S/c11-4-8-16(14,15)13-7-6-12-5-2-1-3-10(12)9-13/h10H,1-9H2. The molecule has 2 saturated heterocycles. The van der Waals surface area contributed by atoms with Crippen LogP contribution < -0.4 is 0 Å². The molecule has 4 nitrogen and oxygen atoms in total. The van der Waals surface area contributed by atoms with E-state index in [1.165, 1.54) is 12.8 Å². The molecule has 2 rings (SSSR count). The second kappa shape index (κ2) is 5.21. The van der Waals surface area contributed by atoms with Crippen molar-refractivity contribution in [2.45, 2.75) is 25.3 Å². The van der Waals surface area contributed by atoms with Crippen molar-refractivity contribution in [3.05, 3.63) is 0 Å². The number of piperazine rings is 1. The van der Waals surface area contributed by atoms with Crippen LogP contribution >= 0.6 is 11.6 Å². The molecule has 2 aliphatic heterocycles. The van der Waals surface area contributed by atoms with Gasteiger partial charge in [0.05, 0.1) is 5.75 Å². The van der Waals surface area contributed by atoms with E-state index in [-0.39, 0.29) is 11.6 Å². The number of sulfonamides is 1. The van der Waals surface area contributed by atoms with Gasteiger partial charge in [0.25, 0.3) is 0 Å². The monoisotopic (exact) mass is 266 g/mol. The Kier molecular flexibility index (Phi) is 4.11. The predicted octanol–water partition coefficient (Wildman–Crippen LogP) is 0.725. The van der Waals surface area contributed by atoms with Crippen LogP contribution in [0.5, 0.6) is 0 Å². The molecule has 0 bridgehead atoms. The molecule has 2 aliphatic rings. The molecule has 94 valence electrons. The van der Waals surface area contributed by atoms with Gasteiger partial charge < -0.3 is 0 Å². The fourth-order valence-electron chi connectivity index (χ4n) is 2.61. The first-order valence-corrected chi connectivity index (χ1v) is 8.06. The van der Waals surface area contributed by atoms with Gasteiger partial charge in [-0.2, -0.15) is 4.31 Å². The van der Waals surface area contributed by atoms with Crippen molar-refractivity contribution in [1.82, 2.24) is 9.21 Å². The van der Waals surface area contributed by atoms with Crippen LogP contribution in [0.25, 0.3) is 0 Å².